The molecular weight excluding hydrogens is 757 g/mol. The number of benzene rings is 4. The summed E-state index contributed by atoms with van der Waals surface area (Å²) in [4.78, 5) is 0. The highest BCUT2D eigenvalue weighted by Gasteiger charge is 2.50. The molecule has 4 aromatic carbocycles. The van der Waals surface area contributed by atoms with Gasteiger partial charge in [-0.3, -0.25) is 0 Å². The van der Waals surface area contributed by atoms with Gasteiger partial charge in [-0.25, -0.2) is 0 Å². The fourth-order valence-electron chi connectivity index (χ4n) is 6.72. The van der Waals surface area contributed by atoms with Gasteiger partial charge in [0.25, 0.3) is 0 Å². The predicted molar refractivity (Wildman–Crippen MR) is 176 cm³/mol. The van der Waals surface area contributed by atoms with Crippen molar-refractivity contribution in [1.29, 1.82) is 0 Å². The molecular formula is C34H22F12N4S2. The Morgan fingerprint density at radius 2 is 0.673 bits per heavy atom. The van der Waals surface area contributed by atoms with Crippen LogP contribution in [0.3, 0.4) is 0 Å². The second-order valence-corrected chi connectivity index (χ2v) is 12.9. The van der Waals surface area contributed by atoms with Gasteiger partial charge < -0.3 is 21.3 Å². The third kappa shape index (κ3) is 7.49. The first-order valence-corrected chi connectivity index (χ1v) is 15.8. The molecule has 18 heteroatoms. The van der Waals surface area contributed by atoms with Crippen molar-refractivity contribution in [2.45, 2.75) is 48.6 Å². The van der Waals surface area contributed by atoms with Gasteiger partial charge in [0, 0.05) is 23.2 Å². The van der Waals surface area contributed by atoms with Crippen molar-refractivity contribution in [3.8, 4) is 0 Å². The highest BCUT2D eigenvalue weighted by molar-refractivity contribution is 7.80. The summed E-state index contributed by atoms with van der Waals surface area (Å²) < 4.78 is 162. The van der Waals surface area contributed by atoms with Gasteiger partial charge in [-0.2, -0.15) is 52.7 Å². The van der Waals surface area contributed by atoms with Crippen molar-refractivity contribution in [3.63, 3.8) is 0 Å². The Morgan fingerprint density at radius 3 is 0.904 bits per heavy atom. The van der Waals surface area contributed by atoms with Crippen LogP contribution in [0.15, 0.2) is 84.9 Å². The van der Waals surface area contributed by atoms with Gasteiger partial charge in [-0.15, -0.1) is 0 Å². The number of fused-ring (bicyclic) bond motifs is 1. The maximum atomic E-state index is 13.5. The Kier molecular flexibility index (Phi) is 9.39. The summed E-state index contributed by atoms with van der Waals surface area (Å²) >= 11 is 10.8. The summed E-state index contributed by atoms with van der Waals surface area (Å²) in [5.74, 6) is -1.15. The molecule has 7 rings (SSSR count). The van der Waals surface area contributed by atoms with Gasteiger partial charge in [0.1, 0.15) is 0 Å². The van der Waals surface area contributed by atoms with Crippen LogP contribution in [0.1, 0.15) is 56.3 Å². The second-order valence-electron chi connectivity index (χ2n) is 12.1. The summed E-state index contributed by atoms with van der Waals surface area (Å²) in [6.07, 6.45) is -20.5. The maximum Gasteiger partial charge on any atom is 0.416 e. The zero-order valence-electron chi connectivity index (χ0n) is 25.7. The van der Waals surface area contributed by atoms with E-state index >= 15 is 0 Å². The van der Waals surface area contributed by atoms with Gasteiger partial charge in [0.15, 0.2) is 10.2 Å². The third-order valence-corrected chi connectivity index (χ3v) is 9.16. The Morgan fingerprint density at radius 1 is 0.423 bits per heavy atom. The van der Waals surface area contributed by atoms with E-state index in [9.17, 15) is 52.7 Å². The van der Waals surface area contributed by atoms with E-state index in [1.54, 1.807) is 24.3 Å². The summed E-state index contributed by atoms with van der Waals surface area (Å²) in [7, 11) is 0. The lowest BCUT2D eigenvalue weighted by Gasteiger charge is -2.51. The maximum absolute atomic E-state index is 13.5. The molecule has 52 heavy (non-hydrogen) atoms. The van der Waals surface area contributed by atoms with Crippen molar-refractivity contribution in [2.24, 2.45) is 0 Å². The lowest BCUT2D eigenvalue weighted by atomic mass is 9.59. The van der Waals surface area contributed by atoms with Crippen molar-refractivity contribution >= 4 is 46.0 Å². The van der Waals surface area contributed by atoms with Crippen LogP contribution in [-0.2, 0) is 24.7 Å². The summed E-state index contributed by atoms with van der Waals surface area (Å²) in [6.45, 7) is 0. The molecule has 0 radical (unpaired) electrons. The minimum atomic E-state index is -5.12. The average Bonchev–Trinajstić information content (AvgIpc) is 3.03. The molecule has 3 aliphatic carbocycles. The van der Waals surface area contributed by atoms with Gasteiger partial charge in [-0.05, 0) is 83.1 Å². The fraction of sp³-hybridized carbons (Fsp3) is 0.235. The van der Waals surface area contributed by atoms with Crippen LogP contribution in [0.4, 0.5) is 64.1 Å². The van der Waals surface area contributed by atoms with Crippen LogP contribution in [0.25, 0.3) is 0 Å². The van der Waals surface area contributed by atoms with Crippen LogP contribution >= 0.6 is 24.4 Å². The molecule has 2 atom stereocenters. The van der Waals surface area contributed by atoms with Crippen LogP contribution in [0.5, 0.6) is 0 Å². The molecule has 0 unspecified atom stereocenters. The van der Waals surface area contributed by atoms with E-state index in [2.05, 4.69) is 21.3 Å². The normalized spacial score (nSPS) is 19.7. The van der Waals surface area contributed by atoms with Crippen molar-refractivity contribution in [2.75, 3.05) is 10.6 Å². The summed E-state index contributed by atoms with van der Waals surface area (Å²) in [6, 6.07) is 14.4. The standard InChI is InChI=1S/C34H22F12N4S2/c35-31(36,37)15-9-16(32(38,39)40)12-19(11-15)47-29(51)49-27-25-21-5-1-2-6-22(21)26(24-8-4-3-7-23(24)25)28(27)50-30(52)48-20-13-17(33(41,42)43)10-18(14-20)34(44,45)46/h1-14,25-28H,(H2,47,49,51)(H2,48,50,52)/t25?,26?,27-,28-/m1/s1. The fourth-order valence-corrected chi connectivity index (χ4v) is 7.22. The number of rotatable bonds is 4. The first-order valence-electron chi connectivity index (χ1n) is 15.0. The molecule has 4 nitrogen and oxygen atoms in total. The minimum absolute atomic E-state index is 0.0361. The molecule has 0 saturated heterocycles. The first-order chi connectivity index (χ1) is 24.1. The molecule has 0 spiro atoms. The Bertz CT molecular complexity index is 1780. The molecule has 0 aliphatic heterocycles. The number of nitrogens with one attached hydrogen (secondary N) is 4. The van der Waals surface area contributed by atoms with Gasteiger partial charge in [0.05, 0.1) is 34.3 Å². The Labute approximate surface area is 297 Å². The molecule has 0 saturated carbocycles. The number of anilines is 2. The van der Waals surface area contributed by atoms with Gasteiger partial charge >= 0.3 is 24.7 Å². The molecule has 0 amide bonds. The van der Waals surface area contributed by atoms with E-state index in [4.69, 9.17) is 24.4 Å². The van der Waals surface area contributed by atoms with Crippen molar-refractivity contribution in [1.82, 2.24) is 10.6 Å². The molecule has 274 valence electrons. The second kappa shape index (κ2) is 13.1. The zero-order chi connectivity index (χ0) is 38.0. The van der Waals surface area contributed by atoms with E-state index < -0.39 is 82.3 Å². The molecule has 0 aromatic heterocycles. The average molecular weight is 779 g/mol. The summed E-state index contributed by atoms with van der Waals surface area (Å²) in [5.41, 5.74) is -4.34. The molecule has 0 fully saturated rings. The van der Waals surface area contributed by atoms with E-state index in [0.29, 0.717) is 24.3 Å². The van der Waals surface area contributed by atoms with Crippen LogP contribution in [0.2, 0.25) is 0 Å². The lowest BCUT2D eigenvalue weighted by Crippen LogP contribution is -2.62. The highest BCUT2D eigenvalue weighted by atomic mass is 32.1. The smallest absolute Gasteiger partial charge is 0.357 e. The number of thiocarbonyl (C=S) groups is 2. The van der Waals surface area contributed by atoms with Crippen LogP contribution in [-0.4, -0.2) is 22.3 Å². The molecule has 4 N–H and O–H groups in total. The van der Waals surface area contributed by atoms with E-state index in [1.807, 2.05) is 24.3 Å². The van der Waals surface area contributed by atoms with Crippen molar-refractivity contribution in [3.05, 3.63) is 129 Å². The SMILES string of the molecule is FC(F)(F)c1cc(NC(=S)N[C@@H]2C3c4ccccc4C(c4ccccc43)[C@H]2NC(=S)Nc2cc(C(F)(F)F)cc(C(F)(F)F)c2)cc(C(F)(F)F)c1. The zero-order valence-corrected chi connectivity index (χ0v) is 27.4. The quantitative estimate of drug-likeness (QED) is 0.122. The number of hydrogen-bond donors (Lipinski definition) is 4. The van der Waals surface area contributed by atoms with Gasteiger partial charge in [-0.1, -0.05) is 48.5 Å². The first kappa shape index (κ1) is 37.2. The predicted octanol–water partition coefficient (Wildman–Crippen LogP) is 10.1. The number of alkyl halides is 12. The van der Waals surface area contributed by atoms with E-state index in [0.717, 1.165) is 22.3 Å². The Balaban J connectivity index is 1.36. The van der Waals surface area contributed by atoms with Crippen LogP contribution in [0, 0.1) is 0 Å². The van der Waals surface area contributed by atoms with E-state index in [-0.39, 0.29) is 22.4 Å². The molecule has 2 bridgehead atoms. The Hall–Kier alpha value is -4.58. The largest absolute Gasteiger partial charge is 0.416 e. The van der Waals surface area contributed by atoms with Gasteiger partial charge in [0.2, 0.25) is 0 Å². The number of halogens is 12. The molecule has 0 heterocycles. The van der Waals surface area contributed by atoms with E-state index in [1.165, 1.54) is 0 Å². The third-order valence-electron chi connectivity index (χ3n) is 8.72. The lowest BCUT2D eigenvalue weighted by molar-refractivity contribution is -0.144. The van der Waals surface area contributed by atoms with Crippen molar-refractivity contribution < 1.29 is 52.7 Å². The number of hydrogen-bond acceptors (Lipinski definition) is 2. The monoisotopic (exact) mass is 778 g/mol. The molecule has 3 aliphatic rings. The minimum Gasteiger partial charge on any atom is -0.357 e. The van der Waals surface area contributed by atoms with Crippen LogP contribution < -0.4 is 21.3 Å². The summed E-state index contributed by atoms with van der Waals surface area (Å²) in [5, 5.41) is 10.0. The molecule has 4 aromatic rings. The topological polar surface area (TPSA) is 48.1 Å². The highest BCUT2D eigenvalue weighted by Crippen LogP contribution is 2.53.